The second-order valence-corrected chi connectivity index (χ2v) is 4.87. The van der Waals surface area contributed by atoms with E-state index in [1.165, 1.54) is 0 Å². The number of rotatable bonds is 4. The van der Waals surface area contributed by atoms with Gasteiger partial charge < -0.3 is 20.7 Å². The van der Waals surface area contributed by atoms with Crippen LogP contribution in [0.4, 0.5) is 5.69 Å². The van der Waals surface area contributed by atoms with E-state index in [-0.39, 0.29) is 6.10 Å². The number of nitrogens with one attached hydrogen (secondary N) is 1. The highest BCUT2D eigenvalue weighted by Crippen LogP contribution is 2.08. The lowest BCUT2D eigenvalue weighted by Crippen LogP contribution is -2.43. The van der Waals surface area contributed by atoms with E-state index in [1.54, 1.807) is 6.20 Å². The van der Waals surface area contributed by atoms with Crippen molar-refractivity contribution in [2.24, 2.45) is 5.73 Å². The zero-order valence-electron chi connectivity index (χ0n) is 10.4. The van der Waals surface area contributed by atoms with E-state index in [9.17, 15) is 0 Å². The van der Waals surface area contributed by atoms with Gasteiger partial charge in [0.15, 0.2) is 0 Å². The molecule has 0 aromatic carbocycles. The molecule has 0 saturated carbocycles. The first kappa shape index (κ1) is 13.2. The van der Waals surface area contributed by atoms with Gasteiger partial charge in [-0.05, 0) is 19.2 Å². The summed E-state index contributed by atoms with van der Waals surface area (Å²) < 4.78 is 5.67. The standard InChI is InChI=1S/C12H18N4OS/c1-16-4-5-17-10(8-16)7-14-9-2-3-11(12(13)18)15-6-9/h2-3,6,10,14H,4-5,7-8H2,1H3,(H2,13,18). The normalized spacial score (nSPS) is 20.6. The molecule has 0 amide bonds. The van der Waals surface area contributed by atoms with Crippen LogP contribution in [0.5, 0.6) is 0 Å². The fourth-order valence-electron chi connectivity index (χ4n) is 1.87. The number of hydrogen-bond donors (Lipinski definition) is 2. The van der Waals surface area contributed by atoms with Crippen LogP contribution in [0.2, 0.25) is 0 Å². The van der Waals surface area contributed by atoms with E-state index in [0.29, 0.717) is 10.7 Å². The van der Waals surface area contributed by atoms with Crippen LogP contribution >= 0.6 is 12.2 Å². The average Bonchev–Trinajstić information content (AvgIpc) is 2.37. The summed E-state index contributed by atoms with van der Waals surface area (Å²) in [5, 5.41) is 3.30. The van der Waals surface area contributed by atoms with E-state index in [2.05, 4.69) is 22.2 Å². The predicted octanol–water partition coefficient (Wildman–Crippen LogP) is 0.458. The molecule has 98 valence electrons. The molecule has 2 heterocycles. The number of aromatic nitrogens is 1. The Kier molecular flexibility index (Phi) is 4.46. The lowest BCUT2D eigenvalue weighted by molar-refractivity contribution is -0.0117. The van der Waals surface area contributed by atoms with Gasteiger partial charge in [0, 0.05) is 19.6 Å². The Morgan fingerprint density at radius 3 is 3.11 bits per heavy atom. The van der Waals surface area contributed by atoms with Gasteiger partial charge in [0.2, 0.25) is 0 Å². The summed E-state index contributed by atoms with van der Waals surface area (Å²) in [6, 6.07) is 3.74. The molecule has 1 fully saturated rings. The van der Waals surface area contributed by atoms with Crippen molar-refractivity contribution in [2.45, 2.75) is 6.10 Å². The zero-order chi connectivity index (χ0) is 13.0. The summed E-state index contributed by atoms with van der Waals surface area (Å²) in [6.07, 6.45) is 1.96. The molecule has 5 nitrogen and oxygen atoms in total. The Morgan fingerprint density at radius 2 is 2.50 bits per heavy atom. The first-order chi connectivity index (χ1) is 8.65. The van der Waals surface area contributed by atoms with Crippen molar-refractivity contribution in [2.75, 3.05) is 38.6 Å². The molecule has 1 aliphatic rings. The summed E-state index contributed by atoms with van der Waals surface area (Å²) in [6.45, 7) is 3.52. The highest BCUT2D eigenvalue weighted by atomic mass is 32.1. The van der Waals surface area contributed by atoms with Crippen LogP contribution in [0.1, 0.15) is 5.69 Å². The largest absolute Gasteiger partial charge is 0.388 e. The molecular formula is C12H18N4OS. The molecule has 0 aliphatic carbocycles. The molecule has 1 atom stereocenters. The number of pyridine rings is 1. The van der Waals surface area contributed by atoms with Crippen molar-refractivity contribution in [1.82, 2.24) is 9.88 Å². The van der Waals surface area contributed by atoms with Gasteiger partial charge in [-0.2, -0.15) is 0 Å². The molecule has 1 unspecified atom stereocenters. The van der Waals surface area contributed by atoms with Crippen LogP contribution < -0.4 is 11.1 Å². The van der Waals surface area contributed by atoms with Crippen molar-refractivity contribution in [1.29, 1.82) is 0 Å². The minimum Gasteiger partial charge on any atom is -0.388 e. The number of nitrogens with two attached hydrogens (primary N) is 1. The molecular weight excluding hydrogens is 248 g/mol. The molecule has 0 spiro atoms. The molecule has 1 aromatic heterocycles. The maximum absolute atomic E-state index is 5.67. The van der Waals surface area contributed by atoms with Crippen LogP contribution in [-0.4, -0.2) is 54.3 Å². The highest BCUT2D eigenvalue weighted by molar-refractivity contribution is 7.80. The fraction of sp³-hybridized carbons (Fsp3) is 0.500. The SMILES string of the molecule is CN1CCOC(CNc2ccc(C(N)=S)nc2)C1. The molecule has 3 N–H and O–H groups in total. The smallest absolute Gasteiger partial charge is 0.122 e. The molecule has 1 aromatic rings. The van der Waals surface area contributed by atoms with Crippen LogP contribution in [-0.2, 0) is 4.74 Å². The van der Waals surface area contributed by atoms with E-state index >= 15 is 0 Å². The Balaban J connectivity index is 1.84. The highest BCUT2D eigenvalue weighted by Gasteiger charge is 2.17. The number of likely N-dealkylation sites (N-methyl/N-ethyl adjacent to an activating group) is 1. The van der Waals surface area contributed by atoms with Gasteiger partial charge >= 0.3 is 0 Å². The molecule has 6 heteroatoms. The Labute approximate surface area is 112 Å². The van der Waals surface area contributed by atoms with E-state index in [0.717, 1.165) is 31.9 Å². The van der Waals surface area contributed by atoms with Crippen molar-refractivity contribution in [3.63, 3.8) is 0 Å². The summed E-state index contributed by atoms with van der Waals surface area (Å²) in [7, 11) is 2.11. The Morgan fingerprint density at radius 1 is 1.67 bits per heavy atom. The Bertz CT molecular complexity index is 409. The van der Waals surface area contributed by atoms with Crippen LogP contribution in [0.15, 0.2) is 18.3 Å². The summed E-state index contributed by atoms with van der Waals surface area (Å²) >= 11 is 4.85. The summed E-state index contributed by atoms with van der Waals surface area (Å²) in [4.78, 5) is 6.76. The lowest BCUT2D eigenvalue weighted by Gasteiger charge is -2.30. The number of morpholine rings is 1. The first-order valence-corrected chi connectivity index (χ1v) is 6.36. The third-order valence-corrected chi connectivity index (χ3v) is 3.10. The Hall–Kier alpha value is -1.24. The van der Waals surface area contributed by atoms with Gasteiger partial charge in [0.1, 0.15) is 4.99 Å². The van der Waals surface area contributed by atoms with Gasteiger partial charge in [0.25, 0.3) is 0 Å². The number of anilines is 1. The fourth-order valence-corrected chi connectivity index (χ4v) is 1.99. The maximum Gasteiger partial charge on any atom is 0.122 e. The monoisotopic (exact) mass is 266 g/mol. The van der Waals surface area contributed by atoms with Crippen molar-refractivity contribution < 1.29 is 4.74 Å². The van der Waals surface area contributed by atoms with Crippen molar-refractivity contribution in [3.8, 4) is 0 Å². The second kappa shape index (κ2) is 6.08. The molecule has 2 rings (SSSR count). The third-order valence-electron chi connectivity index (χ3n) is 2.89. The van der Waals surface area contributed by atoms with Crippen molar-refractivity contribution in [3.05, 3.63) is 24.0 Å². The van der Waals surface area contributed by atoms with Crippen LogP contribution in [0.3, 0.4) is 0 Å². The minimum atomic E-state index is 0.221. The van der Waals surface area contributed by atoms with Gasteiger partial charge in [-0.3, -0.25) is 4.98 Å². The predicted molar refractivity (Wildman–Crippen MR) is 75.9 cm³/mol. The molecule has 1 aliphatic heterocycles. The first-order valence-electron chi connectivity index (χ1n) is 5.95. The minimum absolute atomic E-state index is 0.221. The summed E-state index contributed by atoms with van der Waals surface area (Å²) in [5.41, 5.74) is 7.09. The van der Waals surface area contributed by atoms with E-state index < -0.39 is 0 Å². The second-order valence-electron chi connectivity index (χ2n) is 4.43. The summed E-state index contributed by atoms with van der Waals surface area (Å²) in [5.74, 6) is 0. The molecule has 1 saturated heterocycles. The van der Waals surface area contributed by atoms with Crippen molar-refractivity contribution >= 4 is 22.9 Å². The number of ether oxygens (including phenoxy) is 1. The lowest BCUT2D eigenvalue weighted by atomic mass is 10.2. The van der Waals surface area contributed by atoms with Crippen LogP contribution in [0, 0.1) is 0 Å². The van der Waals surface area contributed by atoms with E-state index in [4.69, 9.17) is 22.7 Å². The molecule has 0 radical (unpaired) electrons. The molecule has 18 heavy (non-hydrogen) atoms. The van der Waals surface area contributed by atoms with E-state index in [1.807, 2.05) is 12.1 Å². The average molecular weight is 266 g/mol. The number of thiocarbonyl (C=S) groups is 1. The van der Waals surface area contributed by atoms with Gasteiger partial charge in [0.05, 0.1) is 30.3 Å². The maximum atomic E-state index is 5.67. The number of hydrogen-bond acceptors (Lipinski definition) is 5. The van der Waals surface area contributed by atoms with Gasteiger partial charge in [-0.1, -0.05) is 12.2 Å². The quantitative estimate of drug-likeness (QED) is 0.772. The topological polar surface area (TPSA) is 63.4 Å². The van der Waals surface area contributed by atoms with Gasteiger partial charge in [-0.15, -0.1) is 0 Å². The number of nitrogens with zero attached hydrogens (tertiary/aromatic N) is 2. The van der Waals surface area contributed by atoms with Gasteiger partial charge in [-0.25, -0.2) is 0 Å². The zero-order valence-corrected chi connectivity index (χ0v) is 11.2. The molecule has 0 bridgehead atoms. The third kappa shape index (κ3) is 3.63. The van der Waals surface area contributed by atoms with Crippen LogP contribution in [0.25, 0.3) is 0 Å².